The molecule has 0 aliphatic carbocycles. The highest BCUT2D eigenvalue weighted by Crippen LogP contribution is 1.94. The fraction of sp³-hybridized carbons (Fsp3) is 0.700. The van der Waals surface area contributed by atoms with E-state index < -0.39 is 5.97 Å². The smallest absolute Gasteiger partial charge is 0.328 e. The Kier molecular flexibility index (Phi) is 8.17. The number of carboxylic acids is 1. The number of hydrogen-bond donors (Lipinski definition) is 2. The Morgan fingerprint density at radius 3 is 2.64 bits per heavy atom. The van der Waals surface area contributed by atoms with E-state index >= 15 is 0 Å². The zero-order valence-electron chi connectivity index (χ0n) is 8.65. The minimum absolute atomic E-state index is 0.116. The third-order valence-corrected chi connectivity index (χ3v) is 1.87. The summed E-state index contributed by atoms with van der Waals surface area (Å²) >= 11 is 0. The normalized spacial score (nSPS) is 11.4. The van der Waals surface area contributed by atoms with Gasteiger partial charge in [0.15, 0.2) is 0 Å². The lowest BCUT2D eigenvalue weighted by Gasteiger charge is -2.18. The van der Waals surface area contributed by atoms with Crippen molar-refractivity contribution in [2.24, 2.45) is 0 Å². The van der Waals surface area contributed by atoms with E-state index in [1.165, 1.54) is 0 Å². The molecule has 0 radical (unpaired) electrons. The molecule has 0 fully saturated rings. The van der Waals surface area contributed by atoms with Crippen LogP contribution in [0.5, 0.6) is 0 Å². The maximum Gasteiger partial charge on any atom is 0.328 e. The molecule has 0 aliphatic heterocycles. The van der Waals surface area contributed by atoms with E-state index in [0.29, 0.717) is 13.1 Å². The second-order valence-electron chi connectivity index (χ2n) is 3.12. The van der Waals surface area contributed by atoms with Crippen LogP contribution in [0.3, 0.4) is 0 Å². The van der Waals surface area contributed by atoms with Crippen molar-refractivity contribution >= 4 is 5.97 Å². The van der Waals surface area contributed by atoms with Crippen LogP contribution >= 0.6 is 0 Å². The molecule has 2 N–H and O–H groups in total. The van der Waals surface area contributed by atoms with Gasteiger partial charge in [-0.1, -0.05) is 19.4 Å². The maximum absolute atomic E-state index is 10.2. The predicted octanol–water partition coefficient (Wildman–Crippen LogP) is 0.722. The van der Waals surface area contributed by atoms with Crippen molar-refractivity contribution in [2.75, 3.05) is 26.2 Å². The first-order valence-electron chi connectivity index (χ1n) is 4.93. The number of aliphatic hydroxyl groups excluding tert-OH is 1. The average Bonchev–Trinajstić information content (AvgIpc) is 2.13. The third kappa shape index (κ3) is 7.76. The lowest BCUT2D eigenvalue weighted by molar-refractivity contribution is -0.131. The molecule has 0 aliphatic rings. The SMILES string of the molecule is CCCCN(CC=CC(=O)O)CCO. The second kappa shape index (κ2) is 8.72. The molecule has 0 amide bonds. The molecule has 0 aromatic rings. The molecule has 4 heteroatoms. The van der Waals surface area contributed by atoms with Gasteiger partial charge in [0, 0.05) is 19.2 Å². The fourth-order valence-electron chi connectivity index (χ4n) is 1.12. The predicted molar refractivity (Wildman–Crippen MR) is 55.2 cm³/mol. The van der Waals surface area contributed by atoms with Crippen molar-refractivity contribution in [1.82, 2.24) is 4.90 Å². The molecule has 0 aromatic heterocycles. The van der Waals surface area contributed by atoms with E-state index in [1.54, 1.807) is 6.08 Å². The summed E-state index contributed by atoms with van der Waals surface area (Å²) in [5.41, 5.74) is 0. The van der Waals surface area contributed by atoms with Gasteiger partial charge in [0.2, 0.25) is 0 Å². The lowest BCUT2D eigenvalue weighted by Crippen LogP contribution is -2.28. The van der Waals surface area contributed by atoms with Crippen LogP contribution in [0.15, 0.2) is 12.2 Å². The summed E-state index contributed by atoms with van der Waals surface area (Å²) in [7, 11) is 0. The monoisotopic (exact) mass is 201 g/mol. The van der Waals surface area contributed by atoms with E-state index in [2.05, 4.69) is 6.92 Å². The first-order chi connectivity index (χ1) is 6.70. The molecule has 0 saturated carbocycles. The quantitative estimate of drug-likeness (QED) is 0.568. The molecular weight excluding hydrogens is 182 g/mol. The van der Waals surface area contributed by atoms with Gasteiger partial charge in [-0.15, -0.1) is 0 Å². The fourth-order valence-corrected chi connectivity index (χ4v) is 1.12. The van der Waals surface area contributed by atoms with Crippen LogP contribution in [0.2, 0.25) is 0 Å². The average molecular weight is 201 g/mol. The first kappa shape index (κ1) is 13.1. The molecule has 82 valence electrons. The summed E-state index contributed by atoms with van der Waals surface area (Å²) in [6.45, 7) is 4.31. The van der Waals surface area contributed by atoms with Gasteiger partial charge in [-0.05, 0) is 13.0 Å². The summed E-state index contributed by atoms with van der Waals surface area (Å²) in [5.74, 6) is -0.926. The van der Waals surface area contributed by atoms with Crippen molar-refractivity contribution in [3.8, 4) is 0 Å². The van der Waals surface area contributed by atoms with Crippen LogP contribution in [-0.2, 0) is 4.79 Å². The van der Waals surface area contributed by atoms with Gasteiger partial charge in [0.05, 0.1) is 6.61 Å². The number of carbonyl (C=O) groups is 1. The van der Waals surface area contributed by atoms with E-state index in [1.807, 2.05) is 4.90 Å². The Bertz CT molecular complexity index is 180. The number of unbranched alkanes of at least 4 members (excludes halogenated alkanes) is 1. The molecule has 0 saturated heterocycles. The summed E-state index contributed by atoms with van der Waals surface area (Å²) in [6, 6.07) is 0. The van der Waals surface area contributed by atoms with Crippen molar-refractivity contribution in [3.05, 3.63) is 12.2 Å². The van der Waals surface area contributed by atoms with E-state index in [-0.39, 0.29) is 6.61 Å². The number of hydrogen-bond acceptors (Lipinski definition) is 3. The highest BCUT2D eigenvalue weighted by Gasteiger charge is 2.00. The van der Waals surface area contributed by atoms with Crippen LogP contribution < -0.4 is 0 Å². The zero-order valence-corrected chi connectivity index (χ0v) is 8.65. The van der Waals surface area contributed by atoms with Gasteiger partial charge in [-0.2, -0.15) is 0 Å². The molecule has 14 heavy (non-hydrogen) atoms. The number of nitrogens with zero attached hydrogens (tertiary/aromatic N) is 1. The largest absolute Gasteiger partial charge is 0.478 e. The number of aliphatic hydroxyl groups is 1. The van der Waals surface area contributed by atoms with Gasteiger partial charge < -0.3 is 10.2 Å². The van der Waals surface area contributed by atoms with Gasteiger partial charge in [-0.3, -0.25) is 4.90 Å². The molecule has 0 heterocycles. The van der Waals surface area contributed by atoms with Crippen molar-refractivity contribution in [3.63, 3.8) is 0 Å². The maximum atomic E-state index is 10.2. The Hall–Kier alpha value is -0.870. The Labute approximate surface area is 84.8 Å². The molecule has 0 bridgehead atoms. The highest BCUT2D eigenvalue weighted by molar-refractivity contribution is 5.79. The minimum Gasteiger partial charge on any atom is -0.478 e. The molecule has 0 aromatic carbocycles. The van der Waals surface area contributed by atoms with Crippen molar-refractivity contribution < 1.29 is 15.0 Å². The van der Waals surface area contributed by atoms with Gasteiger partial charge in [0.1, 0.15) is 0 Å². The van der Waals surface area contributed by atoms with Crippen LogP contribution in [0, 0.1) is 0 Å². The zero-order chi connectivity index (χ0) is 10.8. The summed E-state index contributed by atoms with van der Waals surface area (Å²) < 4.78 is 0. The molecule has 0 unspecified atom stereocenters. The Balaban J connectivity index is 3.77. The highest BCUT2D eigenvalue weighted by atomic mass is 16.4. The standard InChI is InChI=1S/C10H19NO3/c1-2-3-6-11(8-9-12)7-4-5-10(13)14/h4-5,12H,2-3,6-9H2,1H3,(H,13,14). The molecule has 0 atom stereocenters. The molecule has 0 spiro atoms. The van der Waals surface area contributed by atoms with Crippen LogP contribution in [0.25, 0.3) is 0 Å². The Morgan fingerprint density at radius 2 is 2.14 bits per heavy atom. The minimum atomic E-state index is -0.926. The van der Waals surface area contributed by atoms with E-state index in [0.717, 1.165) is 25.5 Å². The molecule has 4 nitrogen and oxygen atoms in total. The summed E-state index contributed by atoms with van der Waals surface area (Å²) in [4.78, 5) is 12.2. The van der Waals surface area contributed by atoms with Gasteiger partial charge in [-0.25, -0.2) is 4.79 Å². The van der Waals surface area contributed by atoms with Crippen LogP contribution in [-0.4, -0.2) is 47.3 Å². The number of aliphatic carboxylic acids is 1. The molecule has 0 rings (SSSR count). The summed E-state index contributed by atoms with van der Waals surface area (Å²) in [6.07, 6.45) is 4.91. The van der Waals surface area contributed by atoms with Gasteiger partial charge >= 0.3 is 5.97 Å². The van der Waals surface area contributed by atoms with Crippen molar-refractivity contribution in [2.45, 2.75) is 19.8 Å². The lowest BCUT2D eigenvalue weighted by atomic mass is 10.3. The summed E-state index contributed by atoms with van der Waals surface area (Å²) in [5, 5.41) is 17.1. The van der Waals surface area contributed by atoms with Crippen LogP contribution in [0.4, 0.5) is 0 Å². The third-order valence-electron chi connectivity index (χ3n) is 1.87. The molecular formula is C10H19NO3. The number of carboxylic acid groups (broad SMARTS) is 1. The van der Waals surface area contributed by atoms with E-state index in [9.17, 15) is 4.79 Å². The Morgan fingerprint density at radius 1 is 1.43 bits per heavy atom. The number of rotatable bonds is 8. The van der Waals surface area contributed by atoms with E-state index in [4.69, 9.17) is 10.2 Å². The van der Waals surface area contributed by atoms with Crippen LogP contribution in [0.1, 0.15) is 19.8 Å². The topological polar surface area (TPSA) is 60.8 Å². The van der Waals surface area contributed by atoms with Crippen molar-refractivity contribution in [1.29, 1.82) is 0 Å². The first-order valence-corrected chi connectivity index (χ1v) is 4.93. The second-order valence-corrected chi connectivity index (χ2v) is 3.12. The van der Waals surface area contributed by atoms with Gasteiger partial charge in [0.25, 0.3) is 0 Å².